The Hall–Kier alpha value is -0.690. The van der Waals surface area contributed by atoms with Crippen molar-refractivity contribution in [2.75, 3.05) is 6.54 Å². The van der Waals surface area contributed by atoms with Crippen molar-refractivity contribution in [3.63, 3.8) is 0 Å². The van der Waals surface area contributed by atoms with Gasteiger partial charge >= 0.3 is 0 Å². The third kappa shape index (κ3) is 3.49. The lowest BCUT2D eigenvalue weighted by atomic mass is 9.85. The third-order valence-electron chi connectivity index (χ3n) is 3.70. The highest BCUT2D eigenvalue weighted by atomic mass is 35.5. The molecule has 1 aliphatic rings. The summed E-state index contributed by atoms with van der Waals surface area (Å²) in [5.74, 6) is -0.706. The highest BCUT2D eigenvalue weighted by Gasteiger charge is 2.30. The first-order valence-corrected chi connectivity index (χ1v) is 8.47. The van der Waals surface area contributed by atoms with Crippen molar-refractivity contribution in [1.29, 1.82) is 0 Å². The van der Waals surface area contributed by atoms with Crippen molar-refractivity contribution >= 4 is 21.6 Å². The Morgan fingerprint density at radius 1 is 1.35 bits per heavy atom. The van der Waals surface area contributed by atoms with E-state index in [1.807, 2.05) is 0 Å². The van der Waals surface area contributed by atoms with Crippen LogP contribution in [0.15, 0.2) is 23.1 Å². The van der Waals surface area contributed by atoms with Crippen LogP contribution in [0.5, 0.6) is 0 Å². The lowest BCUT2D eigenvalue weighted by Crippen LogP contribution is -2.44. The van der Waals surface area contributed by atoms with Gasteiger partial charge in [-0.3, -0.25) is 0 Å². The molecule has 1 aromatic carbocycles. The minimum Gasteiger partial charge on any atom is -0.330 e. The highest BCUT2D eigenvalue weighted by molar-refractivity contribution is 7.89. The van der Waals surface area contributed by atoms with Crippen molar-refractivity contribution in [3.05, 3.63) is 29.0 Å². The standard InChI is InChI=1S/C13H18ClFN2O2S/c14-10-5-6-11(15)13(7-10)20(18,19)17-12-4-2-1-3-9(12)8-16/h5-7,9,12,17H,1-4,8,16H2. The van der Waals surface area contributed by atoms with Gasteiger partial charge in [-0.25, -0.2) is 17.5 Å². The van der Waals surface area contributed by atoms with Crippen molar-refractivity contribution < 1.29 is 12.8 Å². The van der Waals surface area contributed by atoms with Crippen molar-refractivity contribution in [2.24, 2.45) is 11.7 Å². The summed E-state index contributed by atoms with van der Waals surface area (Å²) in [5.41, 5.74) is 5.68. The van der Waals surface area contributed by atoms with E-state index in [4.69, 9.17) is 17.3 Å². The van der Waals surface area contributed by atoms with Crippen LogP contribution in [0, 0.1) is 11.7 Å². The Morgan fingerprint density at radius 2 is 2.05 bits per heavy atom. The molecule has 3 N–H and O–H groups in total. The number of hydrogen-bond donors (Lipinski definition) is 2. The topological polar surface area (TPSA) is 72.2 Å². The van der Waals surface area contributed by atoms with E-state index in [2.05, 4.69) is 4.72 Å². The minimum atomic E-state index is -3.92. The van der Waals surface area contributed by atoms with Crippen LogP contribution < -0.4 is 10.5 Å². The molecule has 2 unspecified atom stereocenters. The van der Waals surface area contributed by atoms with Gasteiger partial charge in [-0.15, -0.1) is 0 Å². The van der Waals surface area contributed by atoms with E-state index in [0.29, 0.717) is 6.54 Å². The Balaban J connectivity index is 2.24. The van der Waals surface area contributed by atoms with E-state index in [9.17, 15) is 12.8 Å². The molecule has 2 atom stereocenters. The Bertz CT molecular complexity index is 580. The number of nitrogens with two attached hydrogens (primary N) is 1. The zero-order valence-corrected chi connectivity index (χ0v) is 12.6. The first kappa shape index (κ1) is 15.7. The van der Waals surface area contributed by atoms with Gasteiger partial charge in [0.2, 0.25) is 10.0 Å². The second-order valence-electron chi connectivity index (χ2n) is 5.08. The molecule has 20 heavy (non-hydrogen) atoms. The fraction of sp³-hybridized carbons (Fsp3) is 0.538. The van der Waals surface area contributed by atoms with E-state index in [-0.39, 0.29) is 17.0 Å². The smallest absolute Gasteiger partial charge is 0.243 e. The number of rotatable bonds is 4. The first-order valence-electron chi connectivity index (χ1n) is 6.61. The maximum Gasteiger partial charge on any atom is 0.243 e. The molecule has 7 heteroatoms. The largest absolute Gasteiger partial charge is 0.330 e. The Morgan fingerprint density at radius 3 is 2.75 bits per heavy atom. The van der Waals surface area contributed by atoms with Gasteiger partial charge in [0.05, 0.1) is 0 Å². The minimum absolute atomic E-state index is 0.0979. The number of nitrogens with one attached hydrogen (secondary N) is 1. The van der Waals surface area contributed by atoms with Gasteiger partial charge in [0, 0.05) is 11.1 Å². The van der Waals surface area contributed by atoms with E-state index in [0.717, 1.165) is 37.8 Å². The van der Waals surface area contributed by atoms with Crippen LogP contribution in [0.2, 0.25) is 5.02 Å². The second-order valence-corrected chi connectivity index (χ2v) is 7.20. The second kappa shape index (κ2) is 6.39. The predicted octanol–water partition coefficient (Wildman–Crippen LogP) is 2.27. The van der Waals surface area contributed by atoms with Gasteiger partial charge in [0.1, 0.15) is 10.7 Å². The summed E-state index contributed by atoms with van der Waals surface area (Å²) in [6.07, 6.45) is 3.61. The summed E-state index contributed by atoms with van der Waals surface area (Å²) >= 11 is 5.74. The zero-order valence-electron chi connectivity index (χ0n) is 11.0. The lowest BCUT2D eigenvalue weighted by Gasteiger charge is -2.31. The van der Waals surface area contributed by atoms with Crippen molar-refractivity contribution in [2.45, 2.75) is 36.6 Å². The van der Waals surface area contributed by atoms with Crippen LogP contribution in [-0.2, 0) is 10.0 Å². The maximum atomic E-state index is 13.7. The van der Waals surface area contributed by atoms with Crippen LogP contribution in [-0.4, -0.2) is 21.0 Å². The fourth-order valence-electron chi connectivity index (χ4n) is 2.59. The van der Waals surface area contributed by atoms with Crippen LogP contribution in [0.3, 0.4) is 0 Å². The number of halogens is 2. The van der Waals surface area contributed by atoms with Crippen LogP contribution in [0.4, 0.5) is 4.39 Å². The molecule has 1 aliphatic carbocycles. The molecule has 4 nitrogen and oxygen atoms in total. The number of hydrogen-bond acceptors (Lipinski definition) is 3. The quantitative estimate of drug-likeness (QED) is 0.894. The summed E-state index contributed by atoms with van der Waals surface area (Å²) in [6.45, 7) is 0.422. The highest BCUT2D eigenvalue weighted by Crippen LogP contribution is 2.26. The SMILES string of the molecule is NCC1CCCCC1NS(=O)(=O)c1cc(Cl)ccc1F. The lowest BCUT2D eigenvalue weighted by molar-refractivity contribution is 0.296. The Kier molecular flexibility index (Phi) is 5.01. The molecule has 2 rings (SSSR count). The van der Waals surface area contributed by atoms with Gasteiger partial charge in [0.15, 0.2) is 0 Å². The van der Waals surface area contributed by atoms with E-state index in [1.165, 1.54) is 6.07 Å². The van der Waals surface area contributed by atoms with E-state index < -0.39 is 20.7 Å². The van der Waals surface area contributed by atoms with Crippen LogP contribution in [0.1, 0.15) is 25.7 Å². The van der Waals surface area contributed by atoms with Gasteiger partial charge < -0.3 is 5.73 Å². The number of benzene rings is 1. The zero-order chi connectivity index (χ0) is 14.8. The summed E-state index contributed by atoms with van der Waals surface area (Å²) in [5, 5.41) is 0.186. The van der Waals surface area contributed by atoms with Crippen molar-refractivity contribution in [3.8, 4) is 0 Å². The molecule has 1 aromatic rings. The average Bonchev–Trinajstić information content (AvgIpc) is 2.41. The normalized spacial score (nSPS) is 23.8. The Labute approximate surface area is 123 Å². The van der Waals surface area contributed by atoms with Gasteiger partial charge in [0.25, 0.3) is 0 Å². The van der Waals surface area contributed by atoms with Crippen LogP contribution in [0.25, 0.3) is 0 Å². The molecule has 0 aliphatic heterocycles. The molecule has 0 amide bonds. The molecule has 0 heterocycles. The van der Waals surface area contributed by atoms with Gasteiger partial charge in [-0.05, 0) is 43.5 Å². The molecule has 112 valence electrons. The molecule has 0 aromatic heterocycles. The van der Waals surface area contributed by atoms with Gasteiger partial charge in [-0.2, -0.15) is 0 Å². The monoisotopic (exact) mass is 320 g/mol. The fourth-order valence-corrected chi connectivity index (χ4v) is 4.27. The average molecular weight is 321 g/mol. The molecule has 0 spiro atoms. The maximum absolute atomic E-state index is 13.7. The first-order chi connectivity index (χ1) is 9.44. The van der Waals surface area contributed by atoms with Crippen molar-refractivity contribution in [1.82, 2.24) is 4.72 Å². The predicted molar refractivity (Wildman–Crippen MR) is 76.5 cm³/mol. The third-order valence-corrected chi connectivity index (χ3v) is 5.44. The number of sulfonamides is 1. The van der Waals surface area contributed by atoms with E-state index >= 15 is 0 Å². The summed E-state index contributed by atoms with van der Waals surface area (Å²) in [6, 6.07) is 3.26. The molecule has 0 saturated heterocycles. The van der Waals surface area contributed by atoms with Crippen LogP contribution >= 0.6 is 11.6 Å². The van der Waals surface area contributed by atoms with E-state index in [1.54, 1.807) is 0 Å². The molecule has 1 fully saturated rings. The molecule has 0 bridgehead atoms. The van der Waals surface area contributed by atoms with Gasteiger partial charge in [-0.1, -0.05) is 24.4 Å². The summed E-state index contributed by atoms with van der Waals surface area (Å²) in [7, 11) is -3.92. The summed E-state index contributed by atoms with van der Waals surface area (Å²) in [4.78, 5) is -0.411. The summed E-state index contributed by atoms with van der Waals surface area (Å²) < 4.78 is 40.8. The molecular weight excluding hydrogens is 303 g/mol. The molecule has 1 saturated carbocycles. The molecule has 0 radical (unpaired) electrons. The molecular formula is C13H18ClFN2O2S.